The summed E-state index contributed by atoms with van der Waals surface area (Å²) in [7, 11) is 1.50. The highest BCUT2D eigenvalue weighted by Crippen LogP contribution is 2.06. The molecule has 0 aliphatic carbocycles. The molecule has 0 saturated carbocycles. The highest BCUT2D eigenvalue weighted by atomic mass is 35.5. The predicted octanol–water partition coefficient (Wildman–Crippen LogP) is 1.59. The van der Waals surface area contributed by atoms with Crippen LogP contribution in [0.5, 0.6) is 0 Å². The summed E-state index contributed by atoms with van der Waals surface area (Å²) in [6, 6.07) is 7.93. The molecule has 68 valence electrons. The summed E-state index contributed by atoms with van der Waals surface area (Å²) < 4.78 is 0. The molecule has 12 heavy (non-hydrogen) atoms. The zero-order valence-electron chi connectivity index (χ0n) is 6.64. The second-order valence-electron chi connectivity index (χ2n) is 1.59. The summed E-state index contributed by atoms with van der Waals surface area (Å²) in [5.41, 5.74) is 4.64. The van der Waals surface area contributed by atoms with Crippen LogP contribution in [0.3, 0.4) is 0 Å². The van der Waals surface area contributed by atoms with Crippen LogP contribution in [0.25, 0.3) is 0 Å². The van der Waals surface area contributed by atoms with Gasteiger partial charge in [0.05, 0.1) is 4.92 Å². The Morgan fingerprint density at radius 3 is 1.92 bits per heavy atom. The quantitative estimate of drug-likeness (QED) is 0.540. The highest BCUT2D eigenvalue weighted by molar-refractivity contribution is 5.85. The topological polar surface area (TPSA) is 69.2 Å². The monoisotopic (exact) mass is 190 g/mol. The number of nitrogens with two attached hydrogens (primary N) is 1. The fraction of sp³-hybridized carbons (Fsp3) is 0.143. The normalized spacial score (nSPS) is 7.17. The van der Waals surface area contributed by atoms with Crippen molar-refractivity contribution in [2.45, 2.75) is 0 Å². The lowest BCUT2D eigenvalue weighted by molar-refractivity contribution is -0.384. The molecule has 0 radical (unpaired) electrons. The van der Waals surface area contributed by atoms with E-state index in [4.69, 9.17) is 0 Å². The van der Waals surface area contributed by atoms with Gasteiger partial charge in [0.1, 0.15) is 0 Å². The lowest BCUT2D eigenvalue weighted by atomic mass is 10.3. The Morgan fingerprint density at radius 2 is 1.67 bits per heavy atom. The van der Waals surface area contributed by atoms with Crippen LogP contribution in [-0.4, -0.2) is 12.0 Å². The van der Waals surface area contributed by atoms with E-state index in [2.05, 4.69) is 5.73 Å². The summed E-state index contributed by atoms with van der Waals surface area (Å²) in [4.78, 5) is 9.59. The number of non-ortho nitro benzene ring substituents is 1. The number of rotatable bonds is 1. The Balaban J connectivity index is 0. The second-order valence-corrected chi connectivity index (χ2v) is 1.59. The number of benzene rings is 1. The molecule has 0 amide bonds. The molecule has 0 unspecified atom stereocenters. The first-order valence-corrected chi connectivity index (χ1v) is 3.08. The minimum absolute atomic E-state index is 0. The second kappa shape index (κ2) is 7.97. The molecule has 1 aromatic rings. The minimum Gasteiger partial charge on any atom is -0.333 e. The lowest BCUT2D eigenvalue weighted by Gasteiger charge is -1.85. The maximum absolute atomic E-state index is 10.0. The third-order valence-corrected chi connectivity index (χ3v) is 0.967. The van der Waals surface area contributed by atoms with Crippen molar-refractivity contribution in [1.82, 2.24) is 0 Å². The van der Waals surface area contributed by atoms with E-state index in [0.29, 0.717) is 0 Å². The fourth-order valence-electron chi connectivity index (χ4n) is 0.550. The van der Waals surface area contributed by atoms with Gasteiger partial charge in [0.15, 0.2) is 0 Å². The van der Waals surface area contributed by atoms with Gasteiger partial charge < -0.3 is 5.73 Å². The molecule has 0 atom stereocenters. The molecule has 0 aliphatic heterocycles. The van der Waals surface area contributed by atoms with Crippen molar-refractivity contribution >= 4 is 18.1 Å². The van der Waals surface area contributed by atoms with Crippen LogP contribution in [0, 0.1) is 10.1 Å². The molecule has 1 rings (SSSR count). The molecule has 0 aliphatic rings. The Kier molecular flexibility index (Phi) is 8.94. The Hall–Kier alpha value is -1.13. The number of nitro groups is 1. The average molecular weight is 191 g/mol. The third kappa shape index (κ3) is 4.65. The number of nitro benzene ring substituents is 1. The van der Waals surface area contributed by atoms with Crippen LogP contribution in [0.1, 0.15) is 0 Å². The van der Waals surface area contributed by atoms with Crippen LogP contribution in [0.4, 0.5) is 5.69 Å². The third-order valence-electron chi connectivity index (χ3n) is 0.967. The van der Waals surface area contributed by atoms with Gasteiger partial charge in [-0.05, 0) is 7.05 Å². The SMILES string of the molecule is CN.Cl.O=[N+]([O-])c1ccccc1. The van der Waals surface area contributed by atoms with Crippen molar-refractivity contribution in [3.8, 4) is 0 Å². The average Bonchev–Trinajstić information content (AvgIpc) is 2.10. The first-order chi connectivity index (χ1) is 5.30. The fourth-order valence-corrected chi connectivity index (χ4v) is 0.550. The summed E-state index contributed by atoms with van der Waals surface area (Å²) >= 11 is 0. The summed E-state index contributed by atoms with van der Waals surface area (Å²) in [6.45, 7) is 0. The highest BCUT2D eigenvalue weighted by Gasteiger charge is 1.98. The molecule has 0 fully saturated rings. The van der Waals surface area contributed by atoms with Gasteiger partial charge in [-0.15, -0.1) is 12.4 Å². The number of hydrogen-bond donors (Lipinski definition) is 1. The van der Waals surface area contributed by atoms with Gasteiger partial charge in [-0.3, -0.25) is 10.1 Å². The van der Waals surface area contributed by atoms with E-state index < -0.39 is 4.92 Å². The number of para-hydroxylation sites is 1. The van der Waals surface area contributed by atoms with Crippen molar-refractivity contribution in [2.24, 2.45) is 5.73 Å². The maximum Gasteiger partial charge on any atom is 0.269 e. The van der Waals surface area contributed by atoms with E-state index in [1.807, 2.05) is 0 Å². The molecule has 4 nitrogen and oxygen atoms in total. The van der Waals surface area contributed by atoms with Gasteiger partial charge >= 0.3 is 0 Å². The van der Waals surface area contributed by atoms with Crippen LogP contribution in [0.15, 0.2) is 30.3 Å². The van der Waals surface area contributed by atoms with E-state index in [0.717, 1.165) is 0 Å². The van der Waals surface area contributed by atoms with Crippen LogP contribution in [-0.2, 0) is 0 Å². The van der Waals surface area contributed by atoms with Gasteiger partial charge in [-0.25, -0.2) is 0 Å². The predicted molar refractivity (Wildman–Crippen MR) is 50.5 cm³/mol. The molecule has 1 aromatic carbocycles. The minimum atomic E-state index is -0.417. The molecular weight excluding hydrogens is 180 g/mol. The zero-order chi connectivity index (χ0) is 8.69. The Labute approximate surface area is 76.9 Å². The van der Waals surface area contributed by atoms with E-state index in [9.17, 15) is 10.1 Å². The summed E-state index contributed by atoms with van der Waals surface area (Å²) in [5.74, 6) is 0. The van der Waals surface area contributed by atoms with Crippen molar-refractivity contribution in [2.75, 3.05) is 7.05 Å². The number of nitrogens with zero attached hydrogens (tertiary/aromatic N) is 1. The Bertz CT molecular complexity index is 216. The van der Waals surface area contributed by atoms with E-state index in [1.54, 1.807) is 18.2 Å². The summed E-state index contributed by atoms with van der Waals surface area (Å²) in [6.07, 6.45) is 0. The van der Waals surface area contributed by atoms with Crippen molar-refractivity contribution < 1.29 is 4.92 Å². The van der Waals surface area contributed by atoms with Crippen molar-refractivity contribution in [1.29, 1.82) is 0 Å². The van der Waals surface area contributed by atoms with Crippen LogP contribution < -0.4 is 5.73 Å². The largest absolute Gasteiger partial charge is 0.333 e. The molecule has 0 heterocycles. The van der Waals surface area contributed by atoms with Gasteiger partial charge in [0, 0.05) is 12.1 Å². The molecule has 0 saturated heterocycles. The lowest BCUT2D eigenvalue weighted by Crippen LogP contribution is -1.84. The van der Waals surface area contributed by atoms with Gasteiger partial charge in [-0.2, -0.15) is 0 Å². The molecule has 0 spiro atoms. The van der Waals surface area contributed by atoms with Crippen LogP contribution in [0.2, 0.25) is 0 Å². The first kappa shape index (κ1) is 13.5. The maximum atomic E-state index is 10.0. The molecular formula is C7H11ClN2O2. The molecule has 0 aromatic heterocycles. The van der Waals surface area contributed by atoms with Gasteiger partial charge in [0.2, 0.25) is 0 Å². The van der Waals surface area contributed by atoms with Crippen molar-refractivity contribution in [3.05, 3.63) is 40.4 Å². The smallest absolute Gasteiger partial charge is 0.269 e. The summed E-state index contributed by atoms with van der Waals surface area (Å²) in [5, 5.41) is 10.0. The molecule has 0 bridgehead atoms. The van der Waals surface area contributed by atoms with E-state index in [-0.39, 0.29) is 18.1 Å². The van der Waals surface area contributed by atoms with Gasteiger partial charge in [0.25, 0.3) is 5.69 Å². The Morgan fingerprint density at radius 1 is 1.25 bits per heavy atom. The van der Waals surface area contributed by atoms with E-state index in [1.165, 1.54) is 19.2 Å². The van der Waals surface area contributed by atoms with Crippen molar-refractivity contribution in [3.63, 3.8) is 0 Å². The molecule has 5 heteroatoms. The first-order valence-electron chi connectivity index (χ1n) is 3.08. The number of hydrogen-bond acceptors (Lipinski definition) is 3. The molecule has 2 N–H and O–H groups in total. The standard InChI is InChI=1S/C6H5NO2.CH5N.ClH/c8-7(9)6-4-2-1-3-5-6;1-2;/h1-5H;2H2,1H3;1H. The van der Waals surface area contributed by atoms with Gasteiger partial charge in [-0.1, -0.05) is 18.2 Å². The van der Waals surface area contributed by atoms with E-state index >= 15 is 0 Å². The zero-order valence-corrected chi connectivity index (χ0v) is 7.45. The van der Waals surface area contributed by atoms with Crippen LogP contribution >= 0.6 is 12.4 Å². The number of halogens is 1.